The molecule has 1 aliphatic carbocycles. The average molecular weight is 248 g/mol. The molecule has 92 valence electrons. The fourth-order valence-corrected chi connectivity index (χ4v) is 1.89. The van der Waals surface area contributed by atoms with Gasteiger partial charge < -0.3 is 4.98 Å². The number of halogens is 2. The number of benzene rings is 1. The number of hydrogen-bond acceptors (Lipinski definition) is 2. The van der Waals surface area contributed by atoms with E-state index < -0.39 is 11.6 Å². The first-order chi connectivity index (χ1) is 8.61. The minimum atomic E-state index is -0.690. The molecule has 1 N–H and O–H groups in total. The van der Waals surface area contributed by atoms with Gasteiger partial charge in [0.2, 0.25) is 0 Å². The van der Waals surface area contributed by atoms with Crippen LogP contribution in [0.1, 0.15) is 24.5 Å². The first-order valence-corrected chi connectivity index (χ1v) is 5.69. The van der Waals surface area contributed by atoms with Gasteiger partial charge in [-0.05, 0) is 25.0 Å². The Morgan fingerprint density at radius 3 is 2.39 bits per heavy atom. The maximum absolute atomic E-state index is 13.1. The summed E-state index contributed by atoms with van der Waals surface area (Å²) in [5.41, 5.74) is 0.636. The number of nitrogens with zero attached hydrogens (tertiary/aromatic N) is 1. The van der Waals surface area contributed by atoms with E-state index in [0.29, 0.717) is 11.6 Å². The monoisotopic (exact) mass is 248 g/mol. The number of aromatic nitrogens is 2. The zero-order chi connectivity index (χ0) is 12.7. The van der Waals surface area contributed by atoms with Crippen LogP contribution in [0.4, 0.5) is 8.78 Å². The zero-order valence-electron chi connectivity index (χ0n) is 9.41. The molecule has 0 bridgehead atoms. The average Bonchev–Trinajstić information content (AvgIpc) is 3.10. The smallest absolute Gasteiger partial charge is 0.251 e. The first-order valence-electron chi connectivity index (χ1n) is 5.69. The fraction of sp³-hybridized carbons (Fsp3) is 0.231. The van der Waals surface area contributed by atoms with Crippen molar-refractivity contribution in [1.29, 1.82) is 0 Å². The molecule has 0 unspecified atom stereocenters. The quantitative estimate of drug-likeness (QED) is 0.887. The normalized spacial score (nSPS) is 14.8. The molecule has 1 aliphatic rings. The number of rotatable bonds is 2. The van der Waals surface area contributed by atoms with Gasteiger partial charge in [0.15, 0.2) is 0 Å². The third kappa shape index (κ3) is 2.16. The molecular weight excluding hydrogens is 238 g/mol. The van der Waals surface area contributed by atoms with E-state index in [1.54, 1.807) is 0 Å². The van der Waals surface area contributed by atoms with Crippen LogP contribution in [-0.2, 0) is 0 Å². The summed E-state index contributed by atoms with van der Waals surface area (Å²) < 4.78 is 26.3. The highest BCUT2D eigenvalue weighted by Crippen LogP contribution is 2.38. The van der Waals surface area contributed by atoms with Crippen LogP contribution in [0.25, 0.3) is 11.4 Å². The molecule has 3 nitrogen and oxygen atoms in total. The van der Waals surface area contributed by atoms with Crippen LogP contribution < -0.4 is 5.56 Å². The Labute approximate surface area is 102 Å². The van der Waals surface area contributed by atoms with Crippen molar-refractivity contribution in [3.05, 3.63) is 51.9 Å². The third-order valence-electron chi connectivity index (χ3n) is 2.89. The van der Waals surface area contributed by atoms with Crippen LogP contribution >= 0.6 is 0 Å². The topological polar surface area (TPSA) is 45.8 Å². The number of hydrogen-bond donors (Lipinski definition) is 1. The van der Waals surface area contributed by atoms with E-state index in [9.17, 15) is 13.6 Å². The predicted molar refractivity (Wildman–Crippen MR) is 62.2 cm³/mol. The summed E-state index contributed by atoms with van der Waals surface area (Å²) in [7, 11) is 0. The van der Waals surface area contributed by atoms with Crippen LogP contribution in [0.3, 0.4) is 0 Å². The lowest BCUT2D eigenvalue weighted by atomic mass is 10.2. The van der Waals surface area contributed by atoms with E-state index in [1.807, 2.05) is 0 Å². The van der Waals surface area contributed by atoms with E-state index in [0.717, 1.165) is 31.0 Å². The van der Waals surface area contributed by atoms with Crippen LogP contribution in [0.2, 0.25) is 0 Å². The minimum Gasteiger partial charge on any atom is -0.307 e. The standard InChI is InChI=1S/C13H10F2N2O/c14-9-3-8(4-10(15)5-9)13-16-11(7-1-2-7)6-12(18)17-13/h3-7H,1-2H2,(H,16,17,18). The number of nitrogens with one attached hydrogen (secondary N) is 1. The molecule has 0 radical (unpaired) electrons. The molecule has 0 aliphatic heterocycles. The van der Waals surface area contributed by atoms with Crippen molar-refractivity contribution in [2.75, 3.05) is 0 Å². The summed E-state index contributed by atoms with van der Waals surface area (Å²) in [5, 5.41) is 0. The summed E-state index contributed by atoms with van der Waals surface area (Å²) in [5.74, 6) is -0.860. The molecule has 0 saturated heterocycles. The summed E-state index contributed by atoms with van der Waals surface area (Å²) in [6.45, 7) is 0. The molecule has 1 fully saturated rings. The lowest BCUT2D eigenvalue weighted by molar-refractivity contribution is 0.584. The van der Waals surface area contributed by atoms with Crippen LogP contribution in [0, 0.1) is 11.6 Å². The Balaban J connectivity index is 2.12. The summed E-state index contributed by atoms with van der Waals surface area (Å²) in [6.07, 6.45) is 2.01. The van der Waals surface area contributed by atoms with Crippen molar-refractivity contribution in [1.82, 2.24) is 9.97 Å². The Morgan fingerprint density at radius 2 is 1.78 bits per heavy atom. The molecular formula is C13H10F2N2O. The van der Waals surface area contributed by atoms with Crippen LogP contribution in [0.5, 0.6) is 0 Å². The summed E-state index contributed by atoms with van der Waals surface area (Å²) in [6, 6.07) is 4.53. The largest absolute Gasteiger partial charge is 0.307 e. The van der Waals surface area contributed by atoms with E-state index >= 15 is 0 Å². The van der Waals surface area contributed by atoms with Gasteiger partial charge in [-0.2, -0.15) is 0 Å². The Morgan fingerprint density at radius 1 is 1.11 bits per heavy atom. The van der Waals surface area contributed by atoms with Gasteiger partial charge in [0.1, 0.15) is 17.5 Å². The van der Waals surface area contributed by atoms with Gasteiger partial charge in [0.25, 0.3) is 5.56 Å². The maximum atomic E-state index is 13.1. The third-order valence-corrected chi connectivity index (χ3v) is 2.89. The lowest BCUT2D eigenvalue weighted by Gasteiger charge is -2.04. The molecule has 1 heterocycles. The molecule has 5 heteroatoms. The predicted octanol–water partition coefficient (Wildman–Crippen LogP) is 2.59. The summed E-state index contributed by atoms with van der Waals surface area (Å²) >= 11 is 0. The molecule has 1 aromatic carbocycles. The van der Waals surface area contributed by atoms with E-state index in [4.69, 9.17) is 0 Å². The Hall–Kier alpha value is -2.04. The van der Waals surface area contributed by atoms with Crippen molar-refractivity contribution in [3.63, 3.8) is 0 Å². The van der Waals surface area contributed by atoms with Gasteiger partial charge in [-0.1, -0.05) is 0 Å². The van der Waals surface area contributed by atoms with Crippen molar-refractivity contribution >= 4 is 0 Å². The van der Waals surface area contributed by atoms with E-state index in [1.165, 1.54) is 6.07 Å². The van der Waals surface area contributed by atoms with Gasteiger partial charge in [-0.15, -0.1) is 0 Å². The molecule has 3 rings (SSSR count). The van der Waals surface area contributed by atoms with Gasteiger partial charge in [-0.3, -0.25) is 4.79 Å². The minimum absolute atomic E-state index is 0.211. The highest BCUT2D eigenvalue weighted by atomic mass is 19.1. The van der Waals surface area contributed by atoms with Gasteiger partial charge in [0.05, 0.1) is 5.69 Å². The fourth-order valence-electron chi connectivity index (χ4n) is 1.89. The Kier molecular flexibility index (Phi) is 2.47. The van der Waals surface area contributed by atoms with Gasteiger partial charge in [-0.25, -0.2) is 13.8 Å². The summed E-state index contributed by atoms with van der Waals surface area (Å²) in [4.78, 5) is 18.3. The second-order valence-electron chi connectivity index (χ2n) is 4.45. The van der Waals surface area contributed by atoms with Crippen LogP contribution in [0.15, 0.2) is 29.1 Å². The maximum Gasteiger partial charge on any atom is 0.251 e. The lowest BCUT2D eigenvalue weighted by Crippen LogP contribution is -2.10. The van der Waals surface area contributed by atoms with Gasteiger partial charge in [0, 0.05) is 23.6 Å². The number of H-pyrrole nitrogens is 1. The van der Waals surface area contributed by atoms with E-state index in [-0.39, 0.29) is 16.9 Å². The van der Waals surface area contributed by atoms with Crippen LogP contribution in [-0.4, -0.2) is 9.97 Å². The van der Waals surface area contributed by atoms with E-state index in [2.05, 4.69) is 9.97 Å². The van der Waals surface area contributed by atoms with Crippen molar-refractivity contribution in [3.8, 4) is 11.4 Å². The highest BCUT2D eigenvalue weighted by Gasteiger charge is 2.26. The second kappa shape index (κ2) is 4.01. The first kappa shape index (κ1) is 11.1. The highest BCUT2D eigenvalue weighted by molar-refractivity contribution is 5.55. The van der Waals surface area contributed by atoms with Crippen molar-refractivity contribution in [2.24, 2.45) is 0 Å². The second-order valence-corrected chi connectivity index (χ2v) is 4.45. The molecule has 0 amide bonds. The molecule has 1 aromatic heterocycles. The molecule has 0 spiro atoms. The Bertz CT molecular complexity index is 642. The molecule has 2 aromatic rings. The molecule has 0 atom stereocenters. The zero-order valence-corrected chi connectivity index (χ0v) is 9.41. The SMILES string of the molecule is O=c1cc(C2CC2)nc(-c2cc(F)cc(F)c2)[nH]1. The molecule has 1 saturated carbocycles. The molecule has 18 heavy (non-hydrogen) atoms. The number of aromatic amines is 1. The van der Waals surface area contributed by atoms with Gasteiger partial charge >= 0.3 is 0 Å². The van der Waals surface area contributed by atoms with Crippen molar-refractivity contribution in [2.45, 2.75) is 18.8 Å². The van der Waals surface area contributed by atoms with Crippen molar-refractivity contribution < 1.29 is 8.78 Å².